The number of hydrogen-bond acceptors (Lipinski definition) is 4. The maximum Gasteiger partial charge on any atom is 0.175 e. The minimum atomic E-state index is -0.392. The molecule has 0 unspecified atom stereocenters. The lowest BCUT2D eigenvalue weighted by atomic mass is 9.88. The summed E-state index contributed by atoms with van der Waals surface area (Å²) in [5, 5.41) is 0. The van der Waals surface area contributed by atoms with Crippen LogP contribution >= 0.6 is 0 Å². The van der Waals surface area contributed by atoms with Crippen LogP contribution in [0.25, 0.3) is 0 Å². The van der Waals surface area contributed by atoms with Crippen LogP contribution in [0.1, 0.15) is 25.8 Å². The van der Waals surface area contributed by atoms with Crippen molar-refractivity contribution in [3.8, 4) is 0 Å². The summed E-state index contributed by atoms with van der Waals surface area (Å²) in [6.07, 6.45) is 0.607. The first kappa shape index (κ1) is 15.4. The van der Waals surface area contributed by atoms with Crippen LogP contribution in [0.3, 0.4) is 0 Å². The van der Waals surface area contributed by atoms with Gasteiger partial charge in [0.15, 0.2) is 6.29 Å². The van der Waals surface area contributed by atoms with Crippen LogP contribution in [0, 0.1) is 5.92 Å². The molecular formula is C16H25NO3. The largest absolute Gasteiger partial charge is 0.371 e. The number of hydrogen-bond donors (Lipinski definition) is 1. The molecule has 0 bridgehead atoms. The van der Waals surface area contributed by atoms with Gasteiger partial charge in [0, 0.05) is 13.0 Å². The molecular weight excluding hydrogens is 254 g/mol. The van der Waals surface area contributed by atoms with Crippen molar-refractivity contribution in [1.29, 1.82) is 0 Å². The molecule has 2 rings (SSSR count). The van der Waals surface area contributed by atoms with E-state index in [-0.39, 0.29) is 24.2 Å². The maximum absolute atomic E-state index is 6.23. The van der Waals surface area contributed by atoms with Gasteiger partial charge in [0.2, 0.25) is 0 Å². The van der Waals surface area contributed by atoms with Crippen LogP contribution in [0.2, 0.25) is 0 Å². The van der Waals surface area contributed by atoms with Crippen LogP contribution in [0.4, 0.5) is 0 Å². The second kappa shape index (κ2) is 7.18. The molecule has 0 aromatic heterocycles. The van der Waals surface area contributed by atoms with Crippen LogP contribution in [0.15, 0.2) is 30.3 Å². The second-order valence-electron chi connectivity index (χ2n) is 5.38. The maximum atomic E-state index is 6.23. The molecule has 5 atom stereocenters. The lowest BCUT2D eigenvalue weighted by Gasteiger charge is -2.43. The molecule has 0 saturated carbocycles. The van der Waals surface area contributed by atoms with Gasteiger partial charge in [-0.3, -0.25) is 0 Å². The molecule has 1 heterocycles. The van der Waals surface area contributed by atoms with E-state index in [1.54, 1.807) is 7.11 Å². The van der Waals surface area contributed by atoms with Gasteiger partial charge < -0.3 is 19.9 Å². The number of nitrogens with two attached hydrogens (primary N) is 1. The van der Waals surface area contributed by atoms with E-state index in [2.05, 4.69) is 26.0 Å². The van der Waals surface area contributed by atoms with E-state index >= 15 is 0 Å². The second-order valence-corrected chi connectivity index (χ2v) is 5.38. The highest BCUT2D eigenvalue weighted by Gasteiger charge is 2.42. The topological polar surface area (TPSA) is 53.7 Å². The summed E-state index contributed by atoms with van der Waals surface area (Å²) in [5.41, 5.74) is 7.38. The van der Waals surface area contributed by atoms with Crippen molar-refractivity contribution in [2.45, 2.75) is 51.4 Å². The first-order valence-corrected chi connectivity index (χ1v) is 7.26. The smallest absolute Gasteiger partial charge is 0.175 e. The Bertz CT molecular complexity index is 382. The molecule has 112 valence electrons. The van der Waals surface area contributed by atoms with Crippen LogP contribution < -0.4 is 5.73 Å². The third kappa shape index (κ3) is 3.38. The van der Waals surface area contributed by atoms with Gasteiger partial charge in [0.1, 0.15) is 0 Å². The van der Waals surface area contributed by atoms with Crippen molar-refractivity contribution in [2.24, 2.45) is 11.7 Å². The molecule has 1 aromatic rings. The molecule has 1 fully saturated rings. The summed E-state index contributed by atoms with van der Waals surface area (Å²) >= 11 is 0. The van der Waals surface area contributed by atoms with Crippen LogP contribution in [0.5, 0.6) is 0 Å². The van der Waals surface area contributed by atoms with E-state index in [0.717, 1.165) is 12.0 Å². The Balaban J connectivity index is 2.02. The Morgan fingerprint density at radius 1 is 1.25 bits per heavy atom. The Morgan fingerprint density at radius 2 is 1.95 bits per heavy atom. The van der Waals surface area contributed by atoms with E-state index in [1.165, 1.54) is 0 Å². The predicted octanol–water partition coefficient (Wildman–Crippen LogP) is 2.32. The molecule has 20 heavy (non-hydrogen) atoms. The first-order chi connectivity index (χ1) is 9.67. The average Bonchev–Trinajstić information content (AvgIpc) is 2.48. The highest BCUT2D eigenvalue weighted by atomic mass is 16.7. The van der Waals surface area contributed by atoms with E-state index in [4.69, 9.17) is 19.9 Å². The number of methoxy groups -OCH3 is 1. The Labute approximate surface area is 121 Å². The summed E-state index contributed by atoms with van der Waals surface area (Å²) < 4.78 is 17.3. The molecule has 4 nitrogen and oxygen atoms in total. The fourth-order valence-corrected chi connectivity index (χ4v) is 2.81. The van der Waals surface area contributed by atoms with Crippen molar-refractivity contribution in [3.05, 3.63) is 35.9 Å². The Hall–Kier alpha value is -0.940. The van der Waals surface area contributed by atoms with Crippen molar-refractivity contribution >= 4 is 0 Å². The SMILES string of the molecule is CC[C@H]1O[C@H](OC)[C@H](N)[C@@H](OCc2ccccc2)[C@H]1C. The summed E-state index contributed by atoms with van der Waals surface area (Å²) in [7, 11) is 1.63. The summed E-state index contributed by atoms with van der Waals surface area (Å²) in [6, 6.07) is 9.88. The van der Waals surface area contributed by atoms with Gasteiger partial charge in [-0.15, -0.1) is 0 Å². The third-order valence-electron chi connectivity index (χ3n) is 4.03. The van der Waals surface area contributed by atoms with E-state index in [1.807, 2.05) is 18.2 Å². The predicted molar refractivity (Wildman–Crippen MR) is 78.1 cm³/mol. The monoisotopic (exact) mass is 279 g/mol. The normalized spacial score (nSPS) is 34.1. The van der Waals surface area contributed by atoms with Gasteiger partial charge in [-0.05, 0) is 12.0 Å². The average molecular weight is 279 g/mol. The van der Waals surface area contributed by atoms with E-state index in [9.17, 15) is 0 Å². The van der Waals surface area contributed by atoms with Gasteiger partial charge in [-0.1, -0.05) is 44.2 Å². The minimum absolute atomic E-state index is 0.0566. The van der Waals surface area contributed by atoms with Gasteiger partial charge in [-0.25, -0.2) is 0 Å². The lowest BCUT2D eigenvalue weighted by molar-refractivity contribution is -0.243. The number of rotatable bonds is 5. The number of benzene rings is 1. The lowest BCUT2D eigenvalue weighted by Crippen LogP contribution is -2.58. The van der Waals surface area contributed by atoms with Gasteiger partial charge in [-0.2, -0.15) is 0 Å². The zero-order chi connectivity index (χ0) is 14.5. The summed E-state index contributed by atoms with van der Waals surface area (Å²) in [6.45, 7) is 4.81. The highest BCUT2D eigenvalue weighted by Crippen LogP contribution is 2.29. The molecule has 1 aliphatic heterocycles. The highest BCUT2D eigenvalue weighted by molar-refractivity contribution is 5.13. The molecule has 1 aliphatic rings. The molecule has 2 N–H and O–H groups in total. The van der Waals surface area contributed by atoms with Crippen molar-refractivity contribution in [2.75, 3.05) is 7.11 Å². The molecule has 1 saturated heterocycles. The fraction of sp³-hybridized carbons (Fsp3) is 0.625. The van der Waals surface area contributed by atoms with Gasteiger partial charge >= 0.3 is 0 Å². The first-order valence-electron chi connectivity index (χ1n) is 7.26. The Kier molecular flexibility index (Phi) is 5.54. The zero-order valence-electron chi connectivity index (χ0n) is 12.5. The molecule has 0 spiro atoms. The van der Waals surface area contributed by atoms with Crippen molar-refractivity contribution in [1.82, 2.24) is 0 Å². The molecule has 0 amide bonds. The third-order valence-corrected chi connectivity index (χ3v) is 4.03. The molecule has 0 aliphatic carbocycles. The fourth-order valence-electron chi connectivity index (χ4n) is 2.81. The van der Waals surface area contributed by atoms with Crippen molar-refractivity contribution in [3.63, 3.8) is 0 Å². The molecule has 1 aromatic carbocycles. The van der Waals surface area contributed by atoms with Gasteiger partial charge in [0.25, 0.3) is 0 Å². The van der Waals surface area contributed by atoms with Crippen LogP contribution in [-0.4, -0.2) is 31.6 Å². The van der Waals surface area contributed by atoms with E-state index in [0.29, 0.717) is 6.61 Å². The molecule has 0 radical (unpaired) electrons. The Morgan fingerprint density at radius 3 is 2.55 bits per heavy atom. The summed E-state index contributed by atoms with van der Waals surface area (Å²) in [5.74, 6) is 0.255. The van der Waals surface area contributed by atoms with Gasteiger partial charge in [0.05, 0.1) is 24.9 Å². The standard InChI is InChI=1S/C16H25NO3/c1-4-13-11(2)15(14(17)16(18-3)20-13)19-10-12-8-6-5-7-9-12/h5-9,11,13-16H,4,10,17H2,1-3H3/t11-,13+,14+,15-,16-/m0/s1. The minimum Gasteiger partial charge on any atom is -0.371 e. The zero-order valence-corrected chi connectivity index (χ0v) is 12.5. The van der Waals surface area contributed by atoms with Crippen molar-refractivity contribution < 1.29 is 14.2 Å². The quantitative estimate of drug-likeness (QED) is 0.898. The summed E-state index contributed by atoms with van der Waals surface area (Å²) in [4.78, 5) is 0. The van der Waals surface area contributed by atoms with Crippen LogP contribution in [-0.2, 0) is 20.8 Å². The number of ether oxygens (including phenoxy) is 3. The van der Waals surface area contributed by atoms with E-state index < -0.39 is 6.29 Å². The molecule has 4 heteroatoms.